The van der Waals surface area contributed by atoms with Gasteiger partial charge in [-0.2, -0.15) is 0 Å². The lowest BCUT2D eigenvalue weighted by atomic mass is 10.0. The van der Waals surface area contributed by atoms with Crippen molar-refractivity contribution in [3.05, 3.63) is 24.3 Å². The minimum Gasteiger partial charge on any atom is -0.480 e. The highest BCUT2D eigenvalue weighted by Gasteiger charge is 2.28. The van der Waals surface area contributed by atoms with E-state index in [0.717, 1.165) is 38.5 Å². The van der Waals surface area contributed by atoms with E-state index in [0.29, 0.717) is 19.3 Å². The molecule has 0 aliphatic heterocycles. The summed E-state index contributed by atoms with van der Waals surface area (Å²) in [7, 11) is -4.72. The number of phosphoric ester groups is 1. The van der Waals surface area contributed by atoms with Gasteiger partial charge in [-0.1, -0.05) is 179 Å². The standard InChI is InChI=1S/C45H84NO10P/c1-3-5-7-9-11-13-15-16-17-18-19-20-21-22-23-24-25-26-27-29-31-33-35-37-44(48)56-41(39-54-57(51,52)55-40-42(46)45(49)50)38-53-43(47)36-34-32-30-28-14-12-10-8-6-4-2/h24-25,29,31,41-42H,3-23,26-28,30,32-40,46H2,1-2H3,(H,49,50)(H,51,52)/b25-24+,31-29+/t41-,42-/m0/s1. The van der Waals surface area contributed by atoms with Crippen molar-refractivity contribution < 1.29 is 47.5 Å². The zero-order chi connectivity index (χ0) is 42.1. The van der Waals surface area contributed by atoms with Crippen LogP contribution >= 0.6 is 7.82 Å². The average Bonchev–Trinajstić information content (AvgIpc) is 3.19. The number of allylic oxidation sites excluding steroid dienone is 4. The smallest absolute Gasteiger partial charge is 0.472 e. The molecule has 0 aromatic rings. The van der Waals surface area contributed by atoms with Crippen molar-refractivity contribution in [2.24, 2.45) is 5.73 Å². The van der Waals surface area contributed by atoms with E-state index in [1.165, 1.54) is 128 Å². The Kier molecular flexibility index (Phi) is 39.3. The van der Waals surface area contributed by atoms with E-state index in [1.54, 1.807) is 0 Å². The maximum Gasteiger partial charge on any atom is 0.472 e. The van der Waals surface area contributed by atoms with E-state index in [2.05, 4.69) is 36.6 Å². The van der Waals surface area contributed by atoms with Gasteiger partial charge in [0, 0.05) is 12.8 Å². The molecule has 1 unspecified atom stereocenters. The highest BCUT2D eigenvalue weighted by molar-refractivity contribution is 7.47. The predicted octanol–water partition coefficient (Wildman–Crippen LogP) is 12.2. The first-order valence-corrected chi connectivity index (χ1v) is 24.4. The fourth-order valence-electron chi connectivity index (χ4n) is 6.32. The lowest BCUT2D eigenvalue weighted by Gasteiger charge is -2.20. The summed E-state index contributed by atoms with van der Waals surface area (Å²) in [6.45, 7) is 2.77. The number of unbranched alkanes of at least 4 members (excludes halogenated alkanes) is 25. The molecule has 57 heavy (non-hydrogen) atoms. The third-order valence-corrected chi connectivity index (χ3v) is 10.9. The van der Waals surface area contributed by atoms with Crippen LogP contribution in [-0.2, 0) is 37.5 Å². The normalized spacial score (nSPS) is 13.9. The number of carboxylic acids is 1. The first-order valence-electron chi connectivity index (χ1n) is 22.9. The van der Waals surface area contributed by atoms with Gasteiger partial charge in [-0.05, 0) is 44.9 Å². The third-order valence-electron chi connectivity index (χ3n) is 9.93. The lowest BCUT2D eigenvalue weighted by molar-refractivity contribution is -0.161. The molecule has 0 aromatic heterocycles. The van der Waals surface area contributed by atoms with Gasteiger partial charge in [0.1, 0.15) is 12.6 Å². The van der Waals surface area contributed by atoms with Crippen molar-refractivity contribution in [3.63, 3.8) is 0 Å². The minimum atomic E-state index is -4.72. The molecule has 0 amide bonds. The maximum atomic E-state index is 12.6. The summed E-state index contributed by atoms with van der Waals surface area (Å²) >= 11 is 0. The monoisotopic (exact) mass is 830 g/mol. The molecule has 0 spiro atoms. The number of ether oxygens (including phenoxy) is 2. The first kappa shape index (κ1) is 55.0. The molecule has 0 aromatic carbocycles. The van der Waals surface area contributed by atoms with E-state index in [-0.39, 0.29) is 19.4 Å². The molecule has 11 nitrogen and oxygen atoms in total. The number of aliphatic carboxylic acids is 1. The van der Waals surface area contributed by atoms with Crippen molar-refractivity contribution in [1.82, 2.24) is 0 Å². The van der Waals surface area contributed by atoms with E-state index in [9.17, 15) is 23.8 Å². The Morgan fingerprint density at radius 3 is 1.39 bits per heavy atom. The van der Waals surface area contributed by atoms with Gasteiger partial charge in [0.25, 0.3) is 0 Å². The molecule has 0 saturated heterocycles. The second-order valence-corrected chi connectivity index (χ2v) is 17.0. The molecule has 0 radical (unpaired) electrons. The van der Waals surface area contributed by atoms with Crippen molar-refractivity contribution in [2.45, 2.75) is 225 Å². The van der Waals surface area contributed by atoms with Gasteiger partial charge in [0.05, 0.1) is 13.2 Å². The highest BCUT2D eigenvalue weighted by atomic mass is 31.2. The molecule has 0 fully saturated rings. The molecule has 12 heteroatoms. The van der Waals surface area contributed by atoms with Crippen LogP contribution in [0.2, 0.25) is 0 Å². The van der Waals surface area contributed by atoms with E-state index >= 15 is 0 Å². The van der Waals surface area contributed by atoms with Gasteiger partial charge in [0.2, 0.25) is 0 Å². The fraction of sp³-hybridized carbons (Fsp3) is 0.844. The number of hydrogen-bond acceptors (Lipinski definition) is 9. The number of rotatable bonds is 43. The molecule has 0 saturated carbocycles. The minimum absolute atomic E-state index is 0.104. The third kappa shape index (κ3) is 40.5. The quantitative estimate of drug-likeness (QED) is 0.0231. The topological polar surface area (TPSA) is 172 Å². The van der Waals surface area contributed by atoms with Crippen molar-refractivity contribution in [2.75, 3.05) is 19.8 Å². The summed E-state index contributed by atoms with van der Waals surface area (Å²) in [6.07, 6.45) is 42.7. The lowest BCUT2D eigenvalue weighted by Crippen LogP contribution is -2.34. The second kappa shape index (κ2) is 40.7. The fourth-order valence-corrected chi connectivity index (χ4v) is 7.10. The summed E-state index contributed by atoms with van der Waals surface area (Å²) in [6, 6.07) is -1.52. The summed E-state index contributed by atoms with van der Waals surface area (Å²) < 4.78 is 32.6. The molecule has 4 N–H and O–H groups in total. The number of nitrogens with two attached hydrogens (primary N) is 1. The number of phosphoric acid groups is 1. The van der Waals surface area contributed by atoms with Gasteiger partial charge in [-0.3, -0.25) is 23.4 Å². The number of carbonyl (C=O) groups is 3. The highest BCUT2D eigenvalue weighted by Crippen LogP contribution is 2.43. The average molecular weight is 830 g/mol. The first-order chi connectivity index (χ1) is 27.6. The van der Waals surface area contributed by atoms with Crippen LogP contribution in [0.3, 0.4) is 0 Å². The second-order valence-electron chi connectivity index (χ2n) is 15.5. The molecule has 0 aliphatic rings. The summed E-state index contributed by atoms with van der Waals surface area (Å²) in [5.41, 5.74) is 5.33. The Bertz CT molecular complexity index is 1070. The zero-order valence-corrected chi connectivity index (χ0v) is 37.1. The van der Waals surface area contributed by atoms with Gasteiger partial charge >= 0.3 is 25.7 Å². The summed E-state index contributed by atoms with van der Waals surface area (Å²) in [5, 5.41) is 8.88. The van der Waals surface area contributed by atoms with Gasteiger partial charge in [0.15, 0.2) is 6.10 Å². The van der Waals surface area contributed by atoms with Crippen molar-refractivity contribution in [3.8, 4) is 0 Å². The van der Waals surface area contributed by atoms with Gasteiger partial charge in [-0.15, -0.1) is 0 Å². The van der Waals surface area contributed by atoms with Crippen LogP contribution in [-0.4, -0.2) is 59.9 Å². The van der Waals surface area contributed by atoms with Crippen molar-refractivity contribution >= 4 is 25.7 Å². The van der Waals surface area contributed by atoms with Crippen LogP contribution in [0.1, 0.15) is 213 Å². The Hall–Kier alpha value is -2.04. The number of carboxylic acid groups (broad SMARTS) is 1. The number of carbonyl (C=O) groups excluding carboxylic acids is 2. The zero-order valence-electron chi connectivity index (χ0n) is 36.2. The molecule has 334 valence electrons. The van der Waals surface area contributed by atoms with E-state index in [1.807, 2.05) is 6.08 Å². The van der Waals surface area contributed by atoms with Crippen LogP contribution in [0.15, 0.2) is 24.3 Å². The SMILES string of the molecule is CCCCCCCCCCCCCCCC/C=C/CC/C=C/CCCC(=O)O[C@@H](COC(=O)CCCCCCCCCCCC)COP(=O)(O)OC[C@H](N)C(=O)O. The molecule has 0 heterocycles. The number of esters is 2. The van der Waals surface area contributed by atoms with E-state index in [4.69, 9.17) is 24.8 Å². The van der Waals surface area contributed by atoms with Crippen molar-refractivity contribution in [1.29, 1.82) is 0 Å². The molecule has 0 bridgehead atoms. The molecular weight excluding hydrogens is 745 g/mol. The van der Waals surface area contributed by atoms with E-state index < -0.39 is 51.1 Å². The Balaban J connectivity index is 4.28. The van der Waals surface area contributed by atoms with Crippen LogP contribution in [0.4, 0.5) is 0 Å². The Morgan fingerprint density at radius 1 is 0.526 bits per heavy atom. The predicted molar refractivity (Wildman–Crippen MR) is 231 cm³/mol. The van der Waals surface area contributed by atoms with Crippen LogP contribution in [0, 0.1) is 0 Å². The van der Waals surface area contributed by atoms with Gasteiger partial charge < -0.3 is 25.2 Å². The summed E-state index contributed by atoms with van der Waals surface area (Å²) in [5.74, 6) is -2.43. The van der Waals surface area contributed by atoms with Crippen LogP contribution in [0.5, 0.6) is 0 Å². The number of hydrogen-bond donors (Lipinski definition) is 3. The Morgan fingerprint density at radius 2 is 0.912 bits per heavy atom. The van der Waals surface area contributed by atoms with Crippen LogP contribution in [0.25, 0.3) is 0 Å². The largest absolute Gasteiger partial charge is 0.480 e. The van der Waals surface area contributed by atoms with Gasteiger partial charge in [-0.25, -0.2) is 4.57 Å². The van der Waals surface area contributed by atoms with Crippen LogP contribution < -0.4 is 5.73 Å². The Labute approximate surface area is 347 Å². The molecule has 0 rings (SSSR count). The molecule has 3 atom stereocenters. The molecule has 0 aliphatic carbocycles. The summed E-state index contributed by atoms with van der Waals surface area (Å²) in [4.78, 5) is 45.9. The maximum absolute atomic E-state index is 12.6. The molecular formula is C45H84NO10P.